The summed E-state index contributed by atoms with van der Waals surface area (Å²) in [5, 5.41) is 6.77. The van der Waals surface area contributed by atoms with Gasteiger partial charge in [0, 0.05) is 25.0 Å². The normalized spacial score (nSPS) is 12.0. The minimum atomic E-state index is -3.43. The van der Waals surface area contributed by atoms with Crippen molar-refractivity contribution in [3.8, 4) is 11.3 Å². The van der Waals surface area contributed by atoms with Crippen LogP contribution in [0.5, 0.6) is 0 Å². The first kappa shape index (κ1) is 19.2. The van der Waals surface area contributed by atoms with Gasteiger partial charge in [-0.15, -0.1) is 11.3 Å². The summed E-state index contributed by atoms with van der Waals surface area (Å²) < 4.78 is 25.4. The molecular formula is C19H20N4O2S2. The molecule has 6 nitrogen and oxygen atoms in total. The van der Waals surface area contributed by atoms with Gasteiger partial charge in [-0.3, -0.25) is 5.43 Å². The van der Waals surface area contributed by atoms with Gasteiger partial charge in [0.2, 0.25) is 15.2 Å². The third kappa shape index (κ3) is 4.60. The first-order valence-corrected chi connectivity index (χ1v) is 10.5. The fourth-order valence-electron chi connectivity index (χ4n) is 2.28. The number of nitrogens with zero attached hydrogens (tertiary/aromatic N) is 3. The summed E-state index contributed by atoms with van der Waals surface area (Å²) in [7, 11) is -0.402. The maximum atomic E-state index is 12.1. The lowest BCUT2D eigenvalue weighted by molar-refractivity contribution is 0.521. The average Bonchev–Trinajstić information content (AvgIpc) is 3.12. The van der Waals surface area contributed by atoms with Gasteiger partial charge in [-0.1, -0.05) is 42.0 Å². The van der Waals surface area contributed by atoms with E-state index in [-0.39, 0.29) is 4.90 Å². The molecule has 3 rings (SSSR count). The Balaban J connectivity index is 1.69. The van der Waals surface area contributed by atoms with E-state index in [1.807, 2.05) is 36.6 Å². The molecule has 27 heavy (non-hydrogen) atoms. The molecule has 0 radical (unpaired) electrons. The number of hydrogen-bond acceptors (Lipinski definition) is 6. The quantitative estimate of drug-likeness (QED) is 0.504. The van der Waals surface area contributed by atoms with E-state index in [2.05, 4.69) is 15.5 Å². The van der Waals surface area contributed by atoms with Crippen LogP contribution >= 0.6 is 11.3 Å². The summed E-state index contributed by atoms with van der Waals surface area (Å²) in [6.07, 6.45) is 1.74. The molecule has 0 aliphatic rings. The van der Waals surface area contributed by atoms with Crippen molar-refractivity contribution >= 4 is 32.7 Å². The summed E-state index contributed by atoms with van der Waals surface area (Å²) >= 11 is 1.43. The van der Waals surface area contributed by atoms with Gasteiger partial charge < -0.3 is 0 Å². The summed E-state index contributed by atoms with van der Waals surface area (Å²) in [4.78, 5) is 4.74. The van der Waals surface area contributed by atoms with Crippen molar-refractivity contribution in [3.63, 3.8) is 0 Å². The van der Waals surface area contributed by atoms with Crippen molar-refractivity contribution in [1.82, 2.24) is 9.29 Å². The predicted molar refractivity (Wildman–Crippen MR) is 111 cm³/mol. The molecule has 1 N–H and O–H groups in total. The highest BCUT2D eigenvalue weighted by atomic mass is 32.2. The smallest absolute Gasteiger partial charge is 0.242 e. The Morgan fingerprint density at radius 1 is 1.07 bits per heavy atom. The van der Waals surface area contributed by atoms with Gasteiger partial charge in [0.1, 0.15) is 0 Å². The van der Waals surface area contributed by atoms with Gasteiger partial charge in [-0.2, -0.15) is 5.10 Å². The Bertz CT molecular complexity index is 1040. The van der Waals surface area contributed by atoms with E-state index in [0.29, 0.717) is 5.13 Å². The average molecular weight is 401 g/mol. The van der Waals surface area contributed by atoms with Crippen molar-refractivity contribution in [2.75, 3.05) is 19.5 Å². The lowest BCUT2D eigenvalue weighted by Crippen LogP contribution is -2.22. The van der Waals surface area contributed by atoms with Crippen LogP contribution in [0, 0.1) is 6.92 Å². The molecule has 1 heterocycles. The van der Waals surface area contributed by atoms with Crippen molar-refractivity contribution in [2.45, 2.75) is 11.8 Å². The Morgan fingerprint density at radius 2 is 1.74 bits per heavy atom. The summed E-state index contributed by atoms with van der Waals surface area (Å²) in [6, 6.07) is 14.7. The van der Waals surface area contributed by atoms with Crippen molar-refractivity contribution in [2.24, 2.45) is 5.10 Å². The van der Waals surface area contributed by atoms with Gasteiger partial charge >= 0.3 is 0 Å². The van der Waals surface area contributed by atoms with Crippen LogP contribution in [0.2, 0.25) is 0 Å². The largest absolute Gasteiger partial charge is 0.253 e. The molecule has 0 aliphatic carbocycles. The predicted octanol–water partition coefficient (Wildman–Crippen LogP) is 3.81. The summed E-state index contributed by atoms with van der Waals surface area (Å²) in [6.45, 7) is 2.04. The van der Waals surface area contributed by atoms with E-state index in [4.69, 9.17) is 0 Å². The third-order valence-corrected chi connectivity index (χ3v) is 6.46. The molecule has 0 saturated heterocycles. The first-order valence-electron chi connectivity index (χ1n) is 8.20. The minimum absolute atomic E-state index is 0.257. The van der Waals surface area contributed by atoms with Gasteiger partial charge in [-0.25, -0.2) is 17.7 Å². The Morgan fingerprint density at radius 3 is 2.37 bits per heavy atom. The van der Waals surface area contributed by atoms with E-state index in [1.54, 1.807) is 30.5 Å². The van der Waals surface area contributed by atoms with E-state index in [1.165, 1.54) is 35.3 Å². The molecular weight excluding hydrogens is 380 g/mol. The second kappa shape index (κ2) is 7.99. The number of thiazole rings is 1. The van der Waals surface area contributed by atoms with E-state index >= 15 is 0 Å². The van der Waals surface area contributed by atoms with Gasteiger partial charge in [0.15, 0.2) is 0 Å². The number of nitrogens with one attached hydrogen (secondary N) is 1. The molecule has 0 aliphatic heterocycles. The monoisotopic (exact) mass is 400 g/mol. The minimum Gasteiger partial charge on any atom is -0.253 e. The van der Waals surface area contributed by atoms with Crippen LogP contribution in [0.1, 0.15) is 11.1 Å². The number of anilines is 1. The lowest BCUT2D eigenvalue weighted by atomic mass is 10.2. The summed E-state index contributed by atoms with van der Waals surface area (Å²) in [5.41, 5.74) is 6.74. The standard InChI is InChI=1S/C19H20N4O2S2/c1-14-4-6-15(7-5-14)12-20-22-19-21-18(13-26-19)16-8-10-17(11-9-16)27(24,25)23(2)3/h4-13H,1-3H3,(H,21,22). The molecule has 140 valence electrons. The molecule has 0 unspecified atom stereocenters. The Labute approximate surface area is 163 Å². The second-order valence-electron chi connectivity index (χ2n) is 6.13. The van der Waals surface area contributed by atoms with Crippen LogP contribution < -0.4 is 5.43 Å². The van der Waals surface area contributed by atoms with Gasteiger partial charge in [0.25, 0.3) is 0 Å². The number of aromatic nitrogens is 1. The first-order chi connectivity index (χ1) is 12.9. The van der Waals surface area contributed by atoms with Crippen LogP contribution in [-0.2, 0) is 10.0 Å². The third-order valence-electron chi connectivity index (χ3n) is 3.88. The Hall–Kier alpha value is -2.55. The molecule has 0 fully saturated rings. The molecule has 2 aromatic carbocycles. The maximum absolute atomic E-state index is 12.1. The van der Waals surface area contributed by atoms with E-state index < -0.39 is 10.0 Å². The van der Waals surface area contributed by atoms with E-state index in [9.17, 15) is 8.42 Å². The molecule has 1 aromatic heterocycles. The molecule has 0 atom stereocenters. The fraction of sp³-hybridized carbons (Fsp3) is 0.158. The zero-order valence-corrected chi connectivity index (χ0v) is 16.9. The Kier molecular flexibility index (Phi) is 5.69. The van der Waals surface area contributed by atoms with Crippen molar-refractivity contribution < 1.29 is 8.42 Å². The SMILES string of the molecule is Cc1ccc(C=NNc2nc(-c3ccc(S(=O)(=O)N(C)C)cc3)cs2)cc1. The maximum Gasteiger partial charge on any atom is 0.242 e. The number of hydrogen-bond donors (Lipinski definition) is 1. The fourth-order valence-corrected chi connectivity index (χ4v) is 3.85. The molecule has 3 aromatic rings. The van der Waals surface area contributed by atoms with Crippen molar-refractivity contribution in [3.05, 3.63) is 65.0 Å². The molecule has 0 saturated carbocycles. The topological polar surface area (TPSA) is 74.7 Å². The van der Waals surface area contributed by atoms with Crippen LogP contribution in [-0.4, -0.2) is 38.0 Å². The molecule has 0 bridgehead atoms. The van der Waals surface area contributed by atoms with Crippen LogP contribution in [0.4, 0.5) is 5.13 Å². The van der Waals surface area contributed by atoms with Crippen molar-refractivity contribution in [1.29, 1.82) is 0 Å². The second-order valence-corrected chi connectivity index (χ2v) is 9.14. The van der Waals surface area contributed by atoms with Crippen LogP contribution in [0.25, 0.3) is 11.3 Å². The number of hydrazone groups is 1. The van der Waals surface area contributed by atoms with Crippen LogP contribution in [0.3, 0.4) is 0 Å². The highest BCUT2D eigenvalue weighted by Crippen LogP contribution is 2.26. The number of aryl methyl sites for hydroxylation is 1. The number of sulfonamides is 1. The van der Waals surface area contributed by atoms with Crippen LogP contribution in [0.15, 0.2) is 63.9 Å². The van der Waals surface area contributed by atoms with Gasteiger partial charge in [-0.05, 0) is 24.6 Å². The highest BCUT2D eigenvalue weighted by molar-refractivity contribution is 7.89. The molecule has 0 amide bonds. The lowest BCUT2D eigenvalue weighted by Gasteiger charge is -2.11. The highest BCUT2D eigenvalue weighted by Gasteiger charge is 2.17. The summed E-state index contributed by atoms with van der Waals surface area (Å²) in [5.74, 6) is 0. The molecule has 8 heteroatoms. The molecule has 0 spiro atoms. The van der Waals surface area contributed by atoms with Gasteiger partial charge in [0.05, 0.1) is 16.8 Å². The number of rotatable bonds is 6. The zero-order valence-electron chi connectivity index (χ0n) is 15.2. The zero-order chi connectivity index (χ0) is 19.4. The number of benzene rings is 2. The van der Waals surface area contributed by atoms with E-state index in [0.717, 1.165) is 16.8 Å².